The third-order valence-corrected chi connectivity index (χ3v) is 4.47. The van der Waals surface area contributed by atoms with Crippen LogP contribution in [0.2, 0.25) is 0 Å². The van der Waals surface area contributed by atoms with Crippen LogP contribution in [0, 0.1) is 0 Å². The van der Waals surface area contributed by atoms with Crippen molar-refractivity contribution in [2.45, 2.75) is 31.3 Å². The van der Waals surface area contributed by atoms with Gasteiger partial charge in [0.2, 0.25) is 5.88 Å². The number of hydrogen-bond donors (Lipinski definition) is 2. The number of fused-ring (bicyclic) bond motifs is 3. The Hall–Kier alpha value is -1.13. The Balaban J connectivity index is 2.37. The SMILES string of the molecule is CCc1cc(SC)c2c(O)n3c(c2c1)CNCC3. The fraction of sp³-hybridized carbons (Fsp3) is 0.429. The number of thioether (sulfide) groups is 1. The van der Waals surface area contributed by atoms with Gasteiger partial charge in [-0.3, -0.25) is 0 Å². The molecular weight excluding hydrogens is 244 g/mol. The maximum Gasteiger partial charge on any atom is 0.200 e. The van der Waals surface area contributed by atoms with Gasteiger partial charge >= 0.3 is 0 Å². The summed E-state index contributed by atoms with van der Waals surface area (Å²) in [7, 11) is 0. The molecule has 3 nitrogen and oxygen atoms in total. The molecule has 18 heavy (non-hydrogen) atoms. The molecule has 0 aliphatic carbocycles. The van der Waals surface area contributed by atoms with Crippen molar-refractivity contribution < 1.29 is 5.11 Å². The fourth-order valence-electron chi connectivity index (χ4n) is 2.73. The molecule has 0 saturated heterocycles. The largest absolute Gasteiger partial charge is 0.494 e. The second-order valence-corrected chi connectivity index (χ2v) is 5.52. The predicted octanol–water partition coefficient (Wildman–Crippen LogP) is 2.73. The van der Waals surface area contributed by atoms with E-state index in [1.54, 1.807) is 11.8 Å². The molecule has 0 spiro atoms. The lowest BCUT2D eigenvalue weighted by molar-refractivity contribution is 0.396. The Kier molecular flexibility index (Phi) is 2.99. The van der Waals surface area contributed by atoms with Crippen molar-refractivity contribution >= 4 is 22.5 Å². The van der Waals surface area contributed by atoms with Crippen LogP contribution in [-0.2, 0) is 19.5 Å². The summed E-state index contributed by atoms with van der Waals surface area (Å²) >= 11 is 1.71. The molecular formula is C14H18N2OS. The van der Waals surface area contributed by atoms with Crippen LogP contribution in [0.3, 0.4) is 0 Å². The van der Waals surface area contributed by atoms with Gasteiger partial charge in [-0.15, -0.1) is 11.8 Å². The average molecular weight is 262 g/mol. The Morgan fingerprint density at radius 1 is 1.44 bits per heavy atom. The molecule has 2 aromatic rings. The van der Waals surface area contributed by atoms with Gasteiger partial charge in [0.1, 0.15) is 0 Å². The Morgan fingerprint density at radius 2 is 2.28 bits per heavy atom. The number of nitrogens with one attached hydrogen (secondary N) is 1. The number of rotatable bonds is 2. The van der Waals surface area contributed by atoms with E-state index >= 15 is 0 Å². The molecule has 0 fully saturated rings. The van der Waals surface area contributed by atoms with Gasteiger partial charge in [0.25, 0.3) is 0 Å². The third kappa shape index (κ3) is 1.63. The summed E-state index contributed by atoms with van der Waals surface area (Å²) < 4.78 is 2.06. The quantitative estimate of drug-likeness (QED) is 0.817. The van der Waals surface area contributed by atoms with E-state index in [4.69, 9.17) is 0 Å². The Bertz CT molecular complexity index is 604. The standard InChI is InChI=1S/C14H18N2OS/c1-3-9-6-10-11-8-15-4-5-16(11)14(17)13(10)12(7-9)18-2/h6-7,15,17H,3-5,8H2,1-2H3. The van der Waals surface area contributed by atoms with Crippen LogP contribution in [-0.4, -0.2) is 22.5 Å². The molecule has 0 radical (unpaired) electrons. The van der Waals surface area contributed by atoms with Gasteiger partial charge in [-0.25, -0.2) is 0 Å². The van der Waals surface area contributed by atoms with E-state index in [9.17, 15) is 5.11 Å². The third-order valence-electron chi connectivity index (χ3n) is 3.71. The van der Waals surface area contributed by atoms with Crippen molar-refractivity contribution in [3.63, 3.8) is 0 Å². The van der Waals surface area contributed by atoms with Crippen molar-refractivity contribution in [3.05, 3.63) is 23.4 Å². The van der Waals surface area contributed by atoms with Gasteiger partial charge in [0.15, 0.2) is 0 Å². The van der Waals surface area contributed by atoms with E-state index < -0.39 is 0 Å². The van der Waals surface area contributed by atoms with Crippen LogP contribution in [0.4, 0.5) is 0 Å². The summed E-state index contributed by atoms with van der Waals surface area (Å²) in [5.41, 5.74) is 2.56. The van der Waals surface area contributed by atoms with Crippen molar-refractivity contribution in [2.75, 3.05) is 12.8 Å². The van der Waals surface area contributed by atoms with E-state index in [0.29, 0.717) is 5.88 Å². The van der Waals surface area contributed by atoms with Crippen LogP contribution in [0.5, 0.6) is 5.88 Å². The number of aryl methyl sites for hydroxylation is 1. The van der Waals surface area contributed by atoms with Crippen LogP contribution < -0.4 is 5.32 Å². The molecule has 4 heteroatoms. The minimum Gasteiger partial charge on any atom is -0.494 e. The lowest BCUT2D eigenvalue weighted by Gasteiger charge is -2.17. The monoisotopic (exact) mass is 262 g/mol. The van der Waals surface area contributed by atoms with Crippen molar-refractivity contribution in [2.24, 2.45) is 0 Å². The number of benzene rings is 1. The van der Waals surface area contributed by atoms with Crippen molar-refractivity contribution in [1.29, 1.82) is 0 Å². The second kappa shape index (κ2) is 4.52. The van der Waals surface area contributed by atoms with E-state index in [-0.39, 0.29) is 0 Å². The first kappa shape index (κ1) is 11.9. The van der Waals surface area contributed by atoms with Crippen molar-refractivity contribution in [1.82, 2.24) is 9.88 Å². The van der Waals surface area contributed by atoms with E-state index in [1.165, 1.54) is 21.5 Å². The lowest BCUT2D eigenvalue weighted by Crippen LogP contribution is -2.27. The molecule has 1 aromatic heterocycles. The molecule has 0 saturated carbocycles. The molecule has 2 heterocycles. The Labute approximate surface area is 111 Å². The highest BCUT2D eigenvalue weighted by Crippen LogP contribution is 2.39. The first-order valence-corrected chi connectivity index (χ1v) is 7.60. The molecule has 0 amide bonds. The molecule has 1 aromatic carbocycles. The summed E-state index contributed by atoms with van der Waals surface area (Å²) in [6, 6.07) is 4.43. The van der Waals surface area contributed by atoms with Gasteiger partial charge in [0, 0.05) is 35.6 Å². The molecule has 1 aliphatic heterocycles. The van der Waals surface area contributed by atoms with Gasteiger partial charge in [-0.1, -0.05) is 6.92 Å². The second-order valence-electron chi connectivity index (χ2n) is 4.67. The zero-order valence-electron chi connectivity index (χ0n) is 10.8. The topological polar surface area (TPSA) is 37.2 Å². The number of hydrogen-bond acceptors (Lipinski definition) is 3. The maximum absolute atomic E-state index is 10.4. The van der Waals surface area contributed by atoms with E-state index in [0.717, 1.165) is 31.4 Å². The fourth-order valence-corrected chi connectivity index (χ4v) is 3.41. The highest BCUT2D eigenvalue weighted by molar-refractivity contribution is 7.98. The number of aromatic nitrogens is 1. The highest BCUT2D eigenvalue weighted by Gasteiger charge is 2.21. The van der Waals surface area contributed by atoms with E-state index in [2.05, 4.69) is 35.2 Å². The predicted molar refractivity (Wildman–Crippen MR) is 76.5 cm³/mol. The van der Waals surface area contributed by atoms with E-state index in [1.807, 2.05) is 0 Å². The van der Waals surface area contributed by atoms with Crippen LogP contribution in [0.15, 0.2) is 17.0 Å². The zero-order valence-corrected chi connectivity index (χ0v) is 11.6. The van der Waals surface area contributed by atoms with Crippen LogP contribution in [0.25, 0.3) is 10.8 Å². The minimum absolute atomic E-state index is 0.438. The minimum atomic E-state index is 0.438. The number of nitrogens with zero attached hydrogens (tertiary/aromatic N) is 1. The lowest BCUT2D eigenvalue weighted by atomic mass is 10.1. The van der Waals surface area contributed by atoms with Crippen LogP contribution in [0.1, 0.15) is 18.2 Å². The molecule has 2 N–H and O–H groups in total. The first-order valence-electron chi connectivity index (χ1n) is 6.38. The molecule has 0 bridgehead atoms. The normalized spacial score (nSPS) is 15.0. The van der Waals surface area contributed by atoms with Crippen LogP contribution >= 0.6 is 11.8 Å². The summed E-state index contributed by atoms with van der Waals surface area (Å²) in [6.45, 7) is 4.80. The van der Waals surface area contributed by atoms with Gasteiger partial charge in [-0.2, -0.15) is 0 Å². The Morgan fingerprint density at radius 3 is 3.00 bits per heavy atom. The number of aromatic hydroxyl groups is 1. The zero-order chi connectivity index (χ0) is 12.7. The molecule has 0 atom stereocenters. The first-order chi connectivity index (χ1) is 8.76. The van der Waals surface area contributed by atoms with Gasteiger partial charge in [0.05, 0.1) is 5.39 Å². The van der Waals surface area contributed by atoms with Crippen molar-refractivity contribution in [3.8, 4) is 5.88 Å². The average Bonchev–Trinajstić information content (AvgIpc) is 2.72. The summed E-state index contributed by atoms with van der Waals surface area (Å²) in [5, 5.41) is 16.1. The maximum atomic E-state index is 10.4. The summed E-state index contributed by atoms with van der Waals surface area (Å²) in [4.78, 5) is 1.18. The molecule has 96 valence electrons. The highest BCUT2D eigenvalue weighted by atomic mass is 32.2. The summed E-state index contributed by atoms with van der Waals surface area (Å²) in [6.07, 6.45) is 3.10. The van der Waals surface area contributed by atoms with Gasteiger partial charge in [-0.05, 0) is 30.4 Å². The molecule has 1 aliphatic rings. The molecule has 3 rings (SSSR count). The smallest absolute Gasteiger partial charge is 0.200 e. The van der Waals surface area contributed by atoms with Gasteiger partial charge < -0.3 is 15.0 Å². The molecule has 0 unspecified atom stereocenters. The summed E-state index contributed by atoms with van der Waals surface area (Å²) in [5.74, 6) is 0.438.